The first-order valence-electron chi connectivity index (χ1n) is 10.1. The molecule has 1 amide bonds. The fourth-order valence-corrected chi connectivity index (χ4v) is 4.01. The number of benzene rings is 1. The molecule has 29 heavy (non-hydrogen) atoms. The summed E-state index contributed by atoms with van der Waals surface area (Å²) in [5, 5.41) is 6.05. The fraction of sp³-hybridized carbons (Fsp3) is 0.409. The molecule has 3 heterocycles. The van der Waals surface area contributed by atoms with Crippen LogP contribution < -0.4 is 4.90 Å². The number of hydrazone groups is 1. The van der Waals surface area contributed by atoms with Gasteiger partial charge in [-0.3, -0.25) is 14.6 Å². The van der Waals surface area contributed by atoms with Crippen LogP contribution in [0.15, 0.2) is 47.8 Å². The standard InChI is InChI=1S/C22H25N5O2/c1-16(28)13-19-14-23-15-21(25-19)26-11-8-18(9-12-26)22(29)27-20(7-10-24-27)17-5-3-2-4-6-17/h2-6,10,14-15,18,20H,7-9,11-13H2,1H3/t20-/m0/s1. The van der Waals surface area contributed by atoms with Gasteiger partial charge in [0.15, 0.2) is 0 Å². The van der Waals surface area contributed by atoms with Gasteiger partial charge in [-0.2, -0.15) is 5.10 Å². The lowest BCUT2D eigenvalue weighted by Crippen LogP contribution is -2.41. The third kappa shape index (κ3) is 4.34. The van der Waals surface area contributed by atoms with E-state index in [9.17, 15) is 9.59 Å². The molecule has 1 atom stereocenters. The van der Waals surface area contributed by atoms with Gasteiger partial charge in [0.05, 0.1) is 24.4 Å². The van der Waals surface area contributed by atoms with Gasteiger partial charge >= 0.3 is 0 Å². The maximum atomic E-state index is 13.1. The number of piperidine rings is 1. The van der Waals surface area contributed by atoms with Gasteiger partial charge in [-0.15, -0.1) is 0 Å². The summed E-state index contributed by atoms with van der Waals surface area (Å²) in [6.07, 6.45) is 7.76. The van der Waals surface area contributed by atoms with Crippen LogP contribution in [-0.2, 0) is 16.0 Å². The van der Waals surface area contributed by atoms with E-state index in [4.69, 9.17) is 0 Å². The predicted molar refractivity (Wildman–Crippen MR) is 110 cm³/mol. The molecule has 150 valence electrons. The quantitative estimate of drug-likeness (QED) is 0.783. The van der Waals surface area contributed by atoms with Crippen LogP contribution in [0.5, 0.6) is 0 Å². The Labute approximate surface area is 170 Å². The van der Waals surface area contributed by atoms with Crippen molar-refractivity contribution in [1.29, 1.82) is 0 Å². The van der Waals surface area contributed by atoms with E-state index in [0.717, 1.165) is 43.7 Å². The summed E-state index contributed by atoms with van der Waals surface area (Å²) in [5.74, 6) is 0.903. The van der Waals surface area contributed by atoms with Gasteiger partial charge in [0.25, 0.3) is 0 Å². The van der Waals surface area contributed by atoms with Crippen LogP contribution in [-0.4, -0.2) is 46.0 Å². The maximum absolute atomic E-state index is 13.1. The highest BCUT2D eigenvalue weighted by Gasteiger charge is 2.34. The summed E-state index contributed by atoms with van der Waals surface area (Å²) in [6.45, 7) is 3.03. The van der Waals surface area contributed by atoms with Gasteiger partial charge in [-0.05, 0) is 25.3 Å². The van der Waals surface area contributed by atoms with Crippen LogP contribution >= 0.6 is 0 Å². The highest BCUT2D eigenvalue weighted by atomic mass is 16.2. The van der Waals surface area contributed by atoms with Gasteiger partial charge in [0, 0.05) is 37.8 Å². The van der Waals surface area contributed by atoms with Crippen molar-refractivity contribution in [3.8, 4) is 0 Å². The lowest BCUT2D eigenvalue weighted by molar-refractivity contribution is -0.138. The molecule has 7 heteroatoms. The zero-order valence-electron chi connectivity index (χ0n) is 16.6. The van der Waals surface area contributed by atoms with Crippen LogP contribution in [0, 0.1) is 5.92 Å². The van der Waals surface area contributed by atoms with Gasteiger partial charge in [-0.1, -0.05) is 30.3 Å². The molecule has 0 aliphatic carbocycles. The number of carbonyl (C=O) groups is 2. The third-order valence-electron chi connectivity index (χ3n) is 5.51. The van der Waals surface area contributed by atoms with Crippen LogP contribution in [0.1, 0.15) is 43.5 Å². The average Bonchev–Trinajstić information content (AvgIpc) is 3.24. The number of anilines is 1. The Bertz CT molecular complexity index is 906. The first-order chi connectivity index (χ1) is 14.1. The normalized spacial score (nSPS) is 19.6. The highest BCUT2D eigenvalue weighted by Crippen LogP contribution is 2.32. The zero-order valence-corrected chi connectivity index (χ0v) is 16.6. The molecular formula is C22H25N5O2. The maximum Gasteiger partial charge on any atom is 0.246 e. The molecule has 1 aromatic carbocycles. The number of carbonyl (C=O) groups excluding carboxylic acids is 2. The second-order valence-corrected chi connectivity index (χ2v) is 7.65. The number of nitrogens with zero attached hydrogens (tertiary/aromatic N) is 5. The predicted octanol–water partition coefficient (Wildman–Crippen LogP) is 2.78. The van der Waals surface area contributed by atoms with Crippen LogP contribution in [0.4, 0.5) is 5.82 Å². The van der Waals surface area contributed by atoms with Crippen molar-refractivity contribution < 1.29 is 9.59 Å². The van der Waals surface area contributed by atoms with Crippen molar-refractivity contribution in [1.82, 2.24) is 15.0 Å². The lowest BCUT2D eigenvalue weighted by atomic mass is 9.94. The van der Waals surface area contributed by atoms with Crippen molar-refractivity contribution in [2.24, 2.45) is 11.0 Å². The van der Waals surface area contributed by atoms with E-state index in [0.29, 0.717) is 12.1 Å². The number of Topliss-reactive ketones (excluding diaryl/α,β-unsaturated/α-hetero) is 1. The molecular weight excluding hydrogens is 366 g/mol. The topological polar surface area (TPSA) is 78.8 Å². The minimum atomic E-state index is -0.0407. The summed E-state index contributed by atoms with van der Waals surface area (Å²) in [7, 11) is 0. The molecule has 2 aromatic rings. The Morgan fingerprint density at radius 2 is 1.86 bits per heavy atom. The Morgan fingerprint density at radius 3 is 2.59 bits per heavy atom. The molecule has 0 N–H and O–H groups in total. The molecule has 0 unspecified atom stereocenters. The summed E-state index contributed by atoms with van der Waals surface area (Å²) in [5.41, 5.74) is 1.80. The number of ketones is 1. The molecule has 1 saturated heterocycles. The summed E-state index contributed by atoms with van der Waals surface area (Å²) in [4.78, 5) is 35.4. The number of hydrogen-bond acceptors (Lipinski definition) is 6. The van der Waals surface area contributed by atoms with Crippen molar-refractivity contribution in [3.63, 3.8) is 0 Å². The largest absolute Gasteiger partial charge is 0.355 e. The summed E-state index contributed by atoms with van der Waals surface area (Å²) in [6, 6.07) is 10.1. The van der Waals surface area contributed by atoms with E-state index < -0.39 is 0 Å². The molecule has 1 aromatic heterocycles. The molecule has 0 saturated carbocycles. The van der Waals surface area contributed by atoms with Gasteiger partial charge in [0.1, 0.15) is 11.6 Å². The van der Waals surface area contributed by atoms with Gasteiger partial charge < -0.3 is 4.90 Å². The first-order valence-corrected chi connectivity index (χ1v) is 10.1. The monoisotopic (exact) mass is 391 g/mol. The number of aromatic nitrogens is 2. The molecule has 4 rings (SSSR count). The van der Waals surface area contributed by atoms with E-state index in [-0.39, 0.29) is 23.7 Å². The lowest BCUT2D eigenvalue weighted by Gasteiger charge is -2.34. The molecule has 0 radical (unpaired) electrons. The Balaban J connectivity index is 1.39. The van der Waals surface area contributed by atoms with E-state index >= 15 is 0 Å². The smallest absolute Gasteiger partial charge is 0.246 e. The molecule has 0 spiro atoms. The average molecular weight is 391 g/mol. The number of rotatable bonds is 5. The summed E-state index contributed by atoms with van der Waals surface area (Å²) < 4.78 is 0. The Kier molecular flexibility index (Phi) is 5.64. The van der Waals surface area contributed by atoms with E-state index in [2.05, 4.69) is 32.1 Å². The molecule has 2 aliphatic rings. The molecule has 0 bridgehead atoms. The van der Waals surface area contributed by atoms with Crippen molar-refractivity contribution in [2.75, 3.05) is 18.0 Å². The van der Waals surface area contributed by atoms with Crippen molar-refractivity contribution in [3.05, 3.63) is 54.0 Å². The number of hydrogen-bond donors (Lipinski definition) is 0. The van der Waals surface area contributed by atoms with Gasteiger partial charge in [0.2, 0.25) is 5.91 Å². The Morgan fingerprint density at radius 1 is 1.10 bits per heavy atom. The highest BCUT2D eigenvalue weighted by molar-refractivity contribution is 5.82. The second-order valence-electron chi connectivity index (χ2n) is 7.65. The zero-order chi connectivity index (χ0) is 20.2. The summed E-state index contributed by atoms with van der Waals surface area (Å²) >= 11 is 0. The van der Waals surface area contributed by atoms with Crippen LogP contribution in [0.3, 0.4) is 0 Å². The fourth-order valence-electron chi connectivity index (χ4n) is 4.01. The van der Waals surface area contributed by atoms with Crippen LogP contribution in [0.25, 0.3) is 0 Å². The molecule has 7 nitrogen and oxygen atoms in total. The minimum absolute atomic E-state index is 0.00383. The van der Waals surface area contributed by atoms with E-state index in [1.807, 2.05) is 24.4 Å². The molecule has 1 fully saturated rings. The number of amides is 1. The molecule has 2 aliphatic heterocycles. The van der Waals surface area contributed by atoms with Gasteiger partial charge in [-0.25, -0.2) is 9.99 Å². The first kappa shape index (κ1) is 19.2. The van der Waals surface area contributed by atoms with E-state index in [1.165, 1.54) is 0 Å². The Hall–Kier alpha value is -3.09. The third-order valence-corrected chi connectivity index (χ3v) is 5.51. The minimum Gasteiger partial charge on any atom is -0.355 e. The SMILES string of the molecule is CC(=O)Cc1cncc(N2CCC(C(=O)N3N=CC[C@H]3c3ccccc3)CC2)n1. The van der Waals surface area contributed by atoms with Crippen LogP contribution in [0.2, 0.25) is 0 Å². The van der Waals surface area contributed by atoms with Crippen molar-refractivity contribution in [2.45, 2.75) is 38.6 Å². The second kappa shape index (κ2) is 8.51. The van der Waals surface area contributed by atoms with Crippen molar-refractivity contribution >= 4 is 23.7 Å². The van der Waals surface area contributed by atoms with E-state index in [1.54, 1.807) is 24.3 Å².